The van der Waals surface area contributed by atoms with E-state index in [1.807, 2.05) is 0 Å². The fourth-order valence-corrected chi connectivity index (χ4v) is 12.6. The van der Waals surface area contributed by atoms with Crippen LogP contribution in [0, 0.1) is 5.92 Å². The quantitative estimate of drug-likeness (QED) is 0.0222. The molecule has 0 aromatic rings. The summed E-state index contributed by atoms with van der Waals surface area (Å²) in [7, 11) is -9.90. The first kappa shape index (κ1) is 89.1. The number of unbranched alkanes of at least 4 members (excludes halogenated alkanes) is 44. The SMILES string of the molecule is CCCCCCCCCCCCCCCCCC(=O)O[C@H](COC(=O)CCCCCCCCCCCCCCCC)COP(=O)(O)OC[C@@H](O)COP(=O)(O)OC[C@@H](COC(=O)CCCCCCCCCCCCC)OC(=O)CCCCCCCCCCC(C)C. The average molecular weight is 1340 g/mol. The van der Waals surface area contributed by atoms with Crippen LogP contribution in [0.2, 0.25) is 0 Å². The summed E-state index contributed by atoms with van der Waals surface area (Å²) in [5.74, 6) is -1.40. The maximum Gasteiger partial charge on any atom is 0.472 e. The van der Waals surface area contributed by atoms with Crippen LogP contribution in [0.5, 0.6) is 0 Å². The van der Waals surface area contributed by atoms with Gasteiger partial charge in [-0.1, -0.05) is 324 Å². The van der Waals surface area contributed by atoms with Crippen LogP contribution in [-0.4, -0.2) is 96.7 Å². The molecule has 2 unspecified atom stereocenters. The van der Waals surface area contributed by atoms with Crippen molar-refractivity contribution in [3.8, 4) is 0 Å². The molecule has 540 valence electrons. The molecule has 0 aromatic heterocycles. The Bertz CT molecular complexity index is 1750. The summed E-state index contributed by atoms with van der Waals surface area (Å²) >= 11 is 0. The van der Waals surface area contributed by atoms with Gasteiger partial charge in [0.25, 0.3) is 0 Å². The Morgan fingerprint density at radius 1 is 0.297 bits per heavy atom. The number of carbonyl (C=O) groups is 4. The number of rotatable bonds is 72. The van der Waals surface area contributed by atoms with Crippen molar-refractivity contribution in [3.63, 3.8) is 0 Å². The Hall–Kier alpha value is -1.94. The molecule has 91 heavy (non-hydrogen) atoms. The molecule has 17 nitrogen and oxygen atoms in total. The predicted octanol–water partition coefficient (Wildman–Crippen LogP) is 20.9. The number of phosphoric acid groups is 2. The molecule has 0 aliphatic rings. The Labute approximate surface area is 556 Å². The van der Waals surface area contributed by atoms with Gasteiger partial charge in [0.15, 0.2) is 12.2 Å². The summed E-state index contributed by atoms with van der Waals surface area (Å²) in [4.78, 5) is 72.6. The number of ether oxygens (including phenoxy) is 4. The van der Waals surface area contributed by atoms with E-state index in [9.17, 15) is 43.2 Å². The van der Waals surface area contributed by atoms with E-state index in [0.29, 0.717) is 25.7 Å². The zero-order chi connectivity index (χ0) is 67.0. The summed E-state index contributed by atoms with van der Waals surface area (Å²) in [5, 5.41) is 10.6. The standard InChI is InChI=1S/C72H140O17P2/c1-6-9-12-15-18-21-24-26-28-30-33-36-42-47-52-57-71(76)88-67(61-83-70(75)56-51-46-41-35-32-29-27-25-22-19-16-13-10-7-2)63-86-90(78,79)84-59-66(73)60-85-91(80,81)87-64-68(89-72(77)58-53-48-43-38-37-39-44-49-54-65(4)5)62-82-69(74)55-50-45-40-34-31-23-20-17-14-11-8-3/h65-68,73H,6-64H2,1-5H3,(H,78,79)(H,80,81)/t66-,67-,68-/m1/s1. The lowest BCUT2D eigenvalue weighted by atomic mass is 10.0. The minimum atomic E-state index is -4.95. The van der Waals surface area contributed by atoms with Gasteiger partial charge in [-0.05, 0) is 31.6 Å². The van der Waals surface area contributed by atoms with Crippen LogP contribution in [0.4, 0.5) is 0 Å². The van der Waals surface area contributed by atoms with Gasteiger partial charge >= 0.3 is 39.5 Å². The number of esters is 4. The zero-order valence-corrected chi connectivity index (χ0v) is 60.8. The first-order chi connectivity index (χ1) is 44.0. The third-order valence-electron chi connectivity index (χ3n) is 16.8. The molecule has 0 aliphatic heterocycles. The number of aliphatic hydroxyl groups excluding tert-OH is 1. The molecular formula is C72H140O17P2. The molecule has 0 bridgehead atoms. The maximum atomic E-state index is 13.0. The van der Waals surface area contributed by atoms with E-state index >= 15 is 0 Å². The van der Waals surface area contributed by atoms with Crippen molar-refractivity contribution >= 4 is 39.5 Å². The minimum absolute atomic E-state index is 0.105. The van der Waals surface area contributed by atoms with Crippen LogP contribution in [0.3, 0.4) is 0 Å². The van der Waals surface area contributed by atoms with Gasteiger partial charge < -0.3 is 33.8 Å². The lowest BCUT2D eigenvalue weighted by molar-refractivity contribution is -0.161. The topological polar surface area (TPSA) is 237 Å². The van der Waals surface area contributed by atoms with Crippen molar-refractivity contribution in [2.75, 3.05) is 39.6 Å². The van der Waals surface area contributed by atoms with E-state index < -0.39 is 97.5 Å². The second kappa shape index (κ2) is 65.4. The van der Waals surface area contributed by atoms with Crippen molar-refractivity contribution in [1.29, 1.82) is 0 Å². The summed E-state index contributed by atoms with van der Waals surface area (Å²) in [6.45, 7) is 7.23. The Morgan fingerprint density at radius 2 is 0.505 bits per heavy atom. The molecule has 0 aromatic carbocycles. The van der Waals surface area contributed by atoms with E-state index in [2.05, 4.69) is 34.6 Å². The van der Waals surface area contributed by atoms with Gasteiger partial charge in [-0.2, -0.15) is 0 Å². The number of hydrogen-bond donors (Lipinski definition) is 3. The van der Waals surface area contributed by atoms with Crippen LogP contribution in [0.15, 0.2) is 0 Å². The minimum Gasteiger partial charge on any atom is -0.462 e. The highest BCUT2D eigenvalue weighted by Gasteiger charge is 2.30. The van der Waals surface area contributed by atoms with Gasteiger partial charge in [0, 0.05) is 25.7 Å². The Balaban J connectivity index is 5.25. The van der Waals surface area contributed by atoms with Crippen molar-refractivity contribution in [2.24, 2.45) is 5.92 Å². The summed E-state index contributed by atoms with van der Waals surface area (Å²) in [6.07, 6.45) is 52.6. The molecule has 0 saturated heterocycles. The summed E-state index contributed by atoms with van der Waals surface area (Å²) < 4.78 is 68.4. The molecule has 19 heteroatoms. The fourth-order valence-electron chi connectivity index (χ4n) is 11.0. The Morgan fingerprint density at radius 3 is 0.747 bits per heavy atom. The van der Waals surface area contributed by atoms with Crippen molar-refractivity contribution in [2.45, 2.75) is 393 Å². The third-order valence-corrected chi connectivity index (χ3v) is 18.7. The van der Waals surface area contributed by atoms with E-state index in [-0.39, 0.29) is 25.7 Å². The molecule has 0 spiro atoms. The van der Waals surface area contributed by atoms with Crippen molar-refractivity contribution in [1.82, 2.24) is 0 Å². The van der Waals surface area contributed by atoms with Crippen LogP contribution in [-0.2, 0) is 65.4 Å². The van der Waals surface area contributed by atoms with Crippen molar-refractivity contribution in [3.05, 3.63) is 0 Å². The van der Waals surface area contributed by atoms with Gasteiger partial charge in [0.2, 0.25) is 0 Å². The third kappa shape index (κ3) is 66.5. The first-order valence-corrected chi connectivity index (χ1v) is 40.6. The highest BCUT2D eigenvalue weighted by molar-refractivity contribution is 7.47. The largest absolute Gasteiger partial charge is 0.472 e. The zero-order valence-electron chi connectivity index (χ0n) is 59.0. The smallest absolute Gasteiger partial charge is 0.462 e. The van der Waals surface area contributed by atoms with Crippen LogP contribution < -0.4 is 0 Å². The van der Waals surface area contributed by atoms with Gasteiger partial charge in [0.05, 0.1) is 26.4 Å². The van der Waals surface area contributed by atoms with Crippen molar-refractivity contribution < 1.29 is 80.2 Å². The molecule has 0 radical (unpaired) electrons. The average Bonchev–Trinajstić information content (AvgIpc) is 3.68. The molecular weight excluding hydrogens is 1200 g/mol. The highest BCUT2D eigenvalue weighted by atomic mass is 31.2. The molecule has 0 amide bonds. The van der Waals surface area contributed by atoms with Crippen LogP contribution in [0.1, 0.15) is 375 Å². The first-order valence-electron chi connectivity index (χ1n) is 37.6. The van der Waals surface area contributed by atoms with E-state index in [0.717, 1.165) is 95.8 Å². The van der Waals surface area contributed by atoms with Crippen LogP contribution >= 0.6 is 15.6 Å². The molecule has 0 heterocycles. The Kier molecular flexibility index (Phi) is 64.0. The molecule has 0 fully saturated rings. The number of carbonyl (C=O) groups excluding carboxylic acids is 4. The lowest BCUT2D eigenvalue weighted by Gasteiger charge is -2.21. The van der Waals surface area contributed by atoms with Gasteiger partial charge in [0.1, 0.15) is 19.3 Å². The monoisotopic (exact) mass is 1340 g/mol. The molecule has 0 saturated carbocycles. The highest BCUT2D eigenvalue weighted by Crippen LogP contribution is 2.45. The van der Waals surface area contributed by atoms with Gasteiger partial charge in [-0.15, -0.1) is 0 Å². The summed E-state index contributed by atoms with van der Waals surface area (Å²) in [5.41, 5.74) is 0. The van der Waals surface area contributed by atoms with Crippen LogP contribution in [0.25, 0.3) is 0 Å². The maximum absolute atomic E-state index is 13.0. The summed E-state index contributed by atoms with van der Waals surface area (Å²) in [6, 6.07) is 0. The number of aliphatic hydroxyl groups is 1. The van der Waals surface area contributed by atoms with Gasteiger partial charge in [-0.3, -0.25) is 37.3 Å². The number of phosphoric ester groups is 2. The fraction of sp³-hybridized carbons (Fsp3) is 0.944. The van der Waals surface area contributed by atoms with Gasteiger partial charge in [-0.25, -0.2) is 9.13 Å². The number of hydrogen-bond acceptors (Lipinski definition) is 15. The van der Waals surface area contributed by atoms with E-state index in [4.69, 9.17) is 37.0 Å². The molecule has 0 aliphatic carbocycles. The second-order valence-corrected chi connectivity index (χ2v) is 29.4. The normalized spacial score (nSPS) is 14.0. The lowest BCUT2D eigenvalue weighted by Crippen LogP contribution is -2.30. The molecule has 0 rings (SSSR count). The molecule has 5 atom stereocenters. The van der Waals surface area contributed by atoms with E-state index in [1.54, 1.807) is 0 Å². The second-order valence-electron chi connectivity index (χ2n) is 26.5. The van der Waals surface area contributed by atoms with E-state index in [1.165, 1.54) is 199 Å². The predicted molar refractivity (Wildman–Crippen MR) is 368 cm³/mol. The molecule has 3 N–H and O–H groups in total.